The van der Waals surface area contributed by atoms with E-state index in [0.29, 0.717) is 6.42 Å². The van der Waals surface area contributed by atoms with Crippen LogP contribution in [-0.4, -0.2) is 5.97 Å². The van der Waals surface area contributed by atoms with Crippen LogP contribution < -0.4 is 56.5 Å². The molecule has 0 radical (unpaired) electrons. The van der Waals surface area contributed by atoms with Gasteiger partial charge in [0.05, 0.1) is 0 Å². The van der Waals surface area contributed by atoms with Crippen molar-refractivity contribution >= 4 is 16.7 Å². The first-order valence-electron chi connectivity index (χ1n) is 5.37. The van der Waals surface area contributed by atoms with Gasteiger partial charge in [-0.15, -0.1) is 0 Å². The van der Waals surface area contributed by atoms with Gasteiger partial charge in [0.1, 0.15) is 0 Å². The molecule has 0 N–H and O–H groups in total. The summed E-state index contributed by atoms with van der Waals surface area (Å²) in [6.45, 7) is 1.80. The number of hydrogen-bond acceptors (Lipinski definition) is 2. The van der Waals surface area contributed by atoms with Crippen LogP contribution in [-0.2, 0) is 4.79 Å². The second-order valence-electron chi connectivity index (χ2n) is 3.47. The first kappa shape index (κ1) is 16.8. The maximum Gasteiger partial charge on any atom is 1.00 e. The number of rotatable bonds is 2. The third kappa shape index (κ3) is 6.96. The average Bonchev–Trinajstić information content (AvgIpc) is 2.30. The molecule has 3 heteroatoms. The quantitative estimate of drug-likeness (QED) is 0.670. The second kappa shape index (κ2) is 9.80. The topological polar surface area (TPSA) is 40.1 Å². The Kier molecular flexibility index (Phi) is 9.69. The minimum absolute atomic E-state index is 0. The van der Waals surface area contributed by atoms with E-state index in [-0.39, 0.29) is 57.8 Å². The van der Waals surface area contributed by atoms with E-state index >= 15 is 0 Å². The molecular weight excluding hydrogens is 239 g/mol. The van der Waals surface area contributed by atoms with Gasteiger partial charge in [-0.25, -0.2) is 0 Å². The standard InChI is InChI=1S/C10H8.C4H8O2.K/c1-2-6-10-8-4-3-7-9(10)5-1;1-2-3-4(5)6;/h1-8H;2-3H2,1H3,(H,5,6);/q;;+1/p-1. The first-order valence-corrected chi connectivity index (χ1v) is 5.37. The molecule has 0 amide bonds. The maximum atomic E-state index is 9.49. The van der Waals surface area contributed by atoms with E-state index in [1.165, 1.54) is 10.8 Å². The van der Waals surface area contributed by atoms with Crippen molar-refractivity contribution in [3.05, 3.63) is 48.5 Å². The average molecular weight is 254 g/mol. The fraction of sp³-hybridized carbons (Fsp3) is 0.214. The van der Waals surface area contributed by atoms with Crippen molar-refractivity contribution in [3.8, 4) is 0 Å². The Morgan fingerprint density at radius 1 is 1.00 bits per heavy atom. The Labute approximate surface area is 144 Å². The minimum atomic E-state index is -0.961. The zero-order valence-electron chi connectivity index (χ0n) is 10.3. The summed E-state index contributed by atoms with van der Waals surface area (Å²) in [4.78, 5) is 9.49. The third-order valence-electron chi connectivity index (χ3n) is 2.11. The smallest absolute Gasteiger partial charge is 0.550 e. The normalized spacial score (nSPS) is 8.76. The number of hydrogen-bond donors (Lipinski definition) is 0. The Balaban J connectivity index is 0.000000324. The molecule has 2 nitrogen and oxygen atoms in total. The van der Waals surface area contributed by atoms with Crippen molar-refractivity contribution in [1.82, 2.24) is 0 Å². The summed E-state index contributed by atoms with van der Waals surface area (Å²) in [6, 6.07) is 16.7. The van der Waals surface area contributed by atoms with E-state index in [2.05, 4.69) is 48.5 Å². The zero-order chi connectivity index (χ0) is 11.8. The van der Waals surface area contributed by atoms with Crippen LogP contribution in [0.5, 0.6) is 0 Å². The number of carbonyl (C=O) groups excluding carboxylic acids is 1. The molecule has 0 heterocycles. The molecule has 0 saturated heterocycles. The van der Waals surface area contributed by atoms with Gasteiger partial charge in [0.15, 0.2) is 0 Å². The van der Waals surface area contributed by atoms with Crippen LogP contribution in [0.4, 0.5) is 0 Å². The Hall–Kier alpha value is -0.194. The predicted octanol–water partition coefficient (Wildman–Crippen LogP) is -0.620. The van der Waals surface area contributed by atoms with Gasteiger partial charge in [-0.05, 0) is 17.2 Å². The molecule has 0 unspecified atom stereocenters. The van der Waals surface area contributed by atoms with Gasteiger partial charge < -0.3 is 9.90 Å². The SMILES string of the molecule is CCCC(=O)[O-].[K+].c1ccc2ccccc2c1. The molecule has 2 rings (SSSR count). The Morgan fingerprint density at radius 3 is 1.53 bits per heavy atom. The Morgan fingerprint density at radius 2 is 1.35 bits per heavy atom. The van der Waals surface area contributed by atoms with Gasteiger partial charge in [-0.1, -0.05) is 61.9 Å². The van der Waals surface area contributed by atoms with Crippen molar-refractivity contribution in [2.24, 2.45) is 0 Å². The summed E-state index contributed by atoms with van der Waals surface area (Å²) in [5.41, 5.74) is 0. The van der Waals surface area contributed by atoms with Crippen LogP contribution in [0.2, 0.25) is 0 Å². The summed E-state index contributed by atoms with van der Waals surface area (Å²) in [5, 5.41) is 12.1. The van der Waals surface area contributed by atoms with E-state index in [1.54, 1.807) is 6.92 Å². The van der Waals surface area contributed by atoms with Crippen molar-refractivity contribution in [2.75, 3.05) is 0 Å². The molecule has 0 fully saturated rings. The van der Waals surface area contributed by atoms with Gasteiger partial charge in [-0.3, -0.25) is 0 Å². The van der Waals surface area contributed by atoms with Crippen LogP contribution in [0.15, 0.2) is 48.5 Å². The third-order valence-corrected chi connectivity index (χ3v) is 2.11. The Bertz CT molecular complexity index is 389. The van der Waals surface area contributed by atoms with Crippen molar-refractivity contribution in [1.29, 1.82) is 0 Å². The molecule has 0 aromatic heterocycles. The maximum absolute atomic E-state index is 9.49. The van der Waals surface area contributed by atoms with Gasteiger partial charge in [-0.2, -0.15) is 0 Å². The fourth-order valence-electron chi connectivity index (χ4n) is 1.34. The number of aliphatic carboxylic acids is 1. The van der Waals surface area contributed by atoms with Crippen LogP contribution in [0.1, 0.15) is 19.8 Å². The number of carboxylic acid groups (broad SMARTS) is 1. The molecule has 84 valence electrons. The molecule has 17 heavy (non-hydrogen) atoms. The number of benzene rings is 2. The largest absolute Gasteiger partial charge is 1.00 e. The van der Waals surface area contributed by atoms with Gasteiger partial charge >= 0.3 is 51.4 Å². The molecular formula is C14H15KO2. The monoisotopic (exact) mass is 254 g/mol. The molecule has 0 atom stereocenters. The molecule has 0 aliphatic carbocycles. The van der Waals surface area contributed by atoms with E-state index in [4.69, 9.17) is 0 Å². The van der Waals surface area contributed by atoms with E-state index in [1.807, 2.05) is 0 Å². The zero-order valence-corrected chi connectivity index (χ0v) is 13.5. The predicted molar refractivity (Wildman–Crippen MR) is 63.9 cm³/mol. The molecule has 0 spiro atoms. The summed E-state index contributed by atoms with van der Waals surface area (Å²) < 4.78 is 0. The van der Waals surface area contributed by atoms with Crippen LogP contribution in [0, 0.1) is 0 Å². The van der Waals surface area contributed by atoms with E-state index < -0.39 is 5.97 Å². The molecule has 0 bridgehead atoms. The summed E-state index contributed by atoms with van der Waals surface area (Å²) in [5.74, 6) is -0.961. The van der Waals surface area contributed by atoms with Crippen LogP contribution in [0.25, 0.3) is 10.8 Å². The van der Waals surface area contributed by atoms with Crippen LogP contribution >= 0.6 is 0 Å². The molecule has 2 aromatic rings. The molecule has 0 saturated carbocycles. The number of carbonyl (C=O) groups is 1. The van der Waals surface area contributed by atoms with Crippen LogP contribution in [0.3, 0.4) is 0 Å². The minimum Gasteiger partial charge on any atom is -0.550 e. The van der Waals surface area contributed by atoms with Crippen molar-refractivity contribution in [3.63, 3.8) is 0 Å². The second-order valence-corrected chi connectivity index (χ2v) is 3.47. The molecule has 2 aromatic carbocycles. The summed E-state index contributed by atoms with van der Waals surface area (Å²) >= 11 is 0. The van der Waals surface area contributed by atoms with Gasteiger partial charge in [0.2, 0.25) is 0 Å². The summed E-state index contributed by atoms with van der Waals surface area (Å²) in [6.07, 6.45) is 0.850. The van der Waals surface area contributed by atoms with Crippen molar-refractivity contribution in [2.45, 2.75) is 19.8 Å². The number of fused-ring (bicyclic) bond motifs is 1. The fourth-order valence-corrected chi connectivity index (χ4v) is 1.34. The molecule has 0 aliphatic heterocycles. The van der Waals surface area contributed by atoms with Crippen molar-refractivity contribution < 1.29 is 61.3 Å². The van der Waals surface area contributed by atoms with E-state index in [9.17, 15) is 9.90 Å². The summed E-state index contributed by atoms with van der Waals surface area (Å²) in [7, 11) is 0. The van der Waals surface area contributed by atoms with Gasteiger partial charge in [0.25, 0.3) is 0 Å². The van der Waals surface area contributed by atoms with E-state index in [0.717, 1.165) is 0 Å². The van der Waals surface area contributed by atoms with Gasteiger partial charge in [0, 0.05) is 5.97 Å². The molecule has 0 aliphatic rings. The first-order chi connectivity index (χ1) is 7.74. The number of carboxylic acids is 1.